The van der Waals surface area contributed by atoms with Crippen molar-refractivity contribution in [3.63, 3.8) is 0 Å². The third-order valence-corrected chi connectivity index (χ3v) is 4.94. The Hall–Kier alpha value is -3.24. The number of amides is 1. The molecule has 1 saturated heterocycles. The van der Waals surface area contributed by atoms with Gasteiger partial charge < -0.3 is 19.1 Å². The number of nitrogens with zero attached hydrogens (tertiary/aromatic N) is 2. The smallest absolute Gasteiger partial charge is 0.311 e. The monoisotopic (exact) mass is 414 g/mol. The molecule has 0 spiro atoms. The molecule has 0 N–H and O–H groups in total. The number of carbonyl (C=O) groups is 2. The highest BCUT2D eigenvalue weighted by Crippen LogP contribution is 2.40. The fourth-order valence-corrected chi connectivity index (χ4v) is 3.39. The first kappa shape index (κ1) is 20.5. The largest absolute Gasteiger partial charge is 0.495 e. The lowest BCUT2D eigenvalue weighted by molar-refractivity contribution is -0.149. The highest BCUT2D eigenvalue weighted by atomic mass is 35.5. The summed E-state index contributed by atoms with van der Waals surface area (Å²) in [6.07, 6.45) is 0.0316. The van der Waals surface area contributed by atoms with E-state index in [-0.39, 0.29) is 25.5 Å². The Kier molecular flexibility index (Phi) is 6.25. The summed E-state index contributed by atoms with van der Waals surface area (Å²) < 4.78 is 15.9. The average molecular weight is 415 g/mol. The van der Waals surface area contributed by atoms with E-state index in [0.29, 0.717) is 33.3 Å². The SMILES string of the molecule is COc1cc(OC)c(N2CC(C(=O)OCc3cccc(C#N)c3)CC2=O)cc1Cl. The number of esters is 1. The van der Waals surface area contributed by atoms with Gasteiger partial charge >= 0.3 is 5.97 Å². The minimum atomic E-state index is -0.604. The minimum absolute atomic E-state index is 0.0316. The lowest BCUT2D eigenvalue weighted by Gasteiger charge is -2.20. The zero-order valence-corrected chi connectivity index (χ0v) is 16.7. The molecule has 8 heteroatoms. The van der Waals surface area contributed by atoms with E-state index in [1.165, 1.54) is 19.1 Å². The van der Waals surface area contributed by atoms with Crippen molar-refractivity contribution < 1.29 is 23.8 Å². The second kappa shape index (κ2) is 8.84. The number of benzene rings is 2. The molecule has 2 aromatic rings. The highest BCUT2D eigenvalue weighted by molar-refractivity contribution is 6.32. The van der Waals surface area contributed by atoms with Gasteiger partial charge in [0.25, 0.3) is 0 Å². The second-order valence-electron chi connectivity index (χ2n) is 6.48. The first-order valence-corrected chi connectivity index (χ1v) is 9.22. The molecule has 150 valence electrons. The summed E-state index contributed by atoms with van der Waals surface area (Å²) in [5.41, 5.74) is 1.67. The van der Waals surface area contributed by atoms with E-state index in [0.717, 1.165) is 0 Å². The number of anilines is 1. The Morgan fingerprint density at radius 2 is 2.00 bits per heavy atom. The normalized spacial score (nSPS) is 15.7. The van der Waals surface area contributed by atoms with E-state index in [1.807, 2.05) is 6.07 Å². The van der Waals surface area contributed by atoms with E-state index >= 15 is 0 Å². The van der Waals surface area contributed by atoms with Gasteiger partial charge in [0.1, 0.15) is 18.1 Å². The molecule has 7 nitrogen and oxygen atoms in total. The molecule has 2 aromatic carbocycles. The predicted octanol–water partition coefficient (Wildman–Crippen LogP) is 3.33. The zero-order valence-electron chi connectivity index (χ0n) is 16.0. The van der Waals surface area contributed by atoms with Crippen LogP contribution in [-0.2, 0) is 20.9 Å². The summed E-state index contributed by atoms with van der Waals surface area (Å²) in [5, 5.41) is 9.28. The zero-order chi connectivity index (χ0) is 21.0. The van der Waals surface area contributed by atoms with Crippen LogP contribution in [0.4, 0.5) is 5.69 Å². The molecule has 1 aliphatic heterocycles. The molecular formula is C21H19ClN2O5. The number of rotatable bonds is 6. The van der Waals surface area contributed by atoms with Crippen molar-refractivity contribution in [3.05, 3.63) is 52.5 Å². The Morgan fingerprint density at radius 1 is 1.24 bits per heavy atom. The van der Waals surface area contributed by atoms with Crippen molar-refractivity contribution in [2.45, 2.75) is 13.0 Å². The Labute approximate surface area is 173 Å². The second-order valence-corrected chi connectivity index (χ2v) is 6.89. The van der Waals surface area contributed by atoms with Gasteiger partial charge in [0.05, 0.1) is 42.5 Å². The average Bonchev–Trinajstić information content (AvgIpc) is 3.13. The minimum Gasteiger partial charge on any atom is -0.495 e. The molecule has 0 aromatic heterocycles. The van der Waals surface area contributed by atoms with Gasteiger partial charge in [0.15, 0.2) is 0 Å². The first-order chi connectivity index (χ1) is 14.0. The molecule has 1 heterocycles. The van der Waals surface area contributed by atoms with Gasteiger partial charge in [-0.2, -0.15) is 5.26 Å². The molecule has 0 bridgehead atoms. The van der Waals surface area contributed by atoms with Crippen LogP contribution in [0.1, 0.15) is 17.5 Å². The van der Waals surface area contributed by atoms with Crippen molar-refractivity contribution in [2.75, 3.05) is 25.7 Å². The van der Waals surface area contributed by atoms with E-state index in [2.05, 4.69) is 0 Å². The number of hydrogen-bond acceptors (Lipinski definition) is 6. The molecule has 0 aliphatic carbocycles. The first-order valence-electron chi connectivity index (χ1n) is 8.84. The van der Waals surface area contributed by atoms with Gasteiger partial charge in [-0.25, -0.2) is 0 Å². The molecule has 1 amide bonds. The fourth-order valence-electron chi connectivity index (χ4n) is 3.16. The molecule has 0 radical (unpaired) electrons. The lowest BCUT2D eigenvalue weighted by Crippen LogP contribution is -2.27. The summed E-state index contributed by atoms with van der Waals surface area (Å²) in [7, 11) is 2.97. The summed E-state index contributed by atoms with van der Waals surface area (Å²) >= 11 is 6.19. The Bertz CT molecular complexity index is 986. The van der Waals surface area contributed by atoms with Gasteiger partial charge in [-0.05, 0) is 23.8 Å². The van der Waals surface area contributed by atoms with Crippen LogP contribution in [0, 0.1) is 17.2 Å². The van der Waals surface area contributed by atoms with Gasteiger partial charge in [-0.1, -0.05) is 23.7 Å². The lowest BCUT2D eigenvalue weighted by atomic mass is 10.1. The Balaban J connectivity index is 1.70. The van der Waals surface area contributed by atoms with Crippen LogP contribution in [0.25, 0.3) is 0 Å². The quantitative estimate of drug-likeness (QED) is 0.673. The number of nitriles is 1. The third kappa shape index (κ3) is 4.44. The number of halogens is 1. The maximum atomic E-state index is 12.5. The van der Waals surface area contributed by atoms with E-state index in [4.69, 9.17) is 31.1 Å². The van der Waals surface area contributed by atoms with Crippen molar-refractivity contribution in [3.8, 4) is 17.6 Å². The maximum absolute atomic E-state index is 12.5. The van der Waals surface area contributed by atoms with Crippen molar-refractivity contribution >= 4 is 29.2 Å². The van der Waals surface area contributed by atoms with E-state index in [9.17, 15) is 9.59 Å². The molecule has 3 rings (SSSR count). The highest BCUT2D eigenvalue weighted by Gasteiger charge is 2.37. The number of carbonyl (C=O) groups excluding carboxylic acids is 2. The summed E-state index contributed by atoms with van der Waals surface area (Å²) in [5.74, 6) is -0.455. The molecule has 29 heavy (non-hydrogen) atoms. The summed E-state index contributed by atoms with van der Waals surface area (Å²) in [4.78, 5) is 26.5. The molecule has 1 aliphatic rings. The molecule has 0 saturated carbocycles. The third-order valence-electron chi connectivity index (χ3n) is 4.64. The van der Waals surface area contributed by atoms with Crippen molar-refractivity contribution in [1.29, 1.82) is 5.26 Å². The number of hydrogen-bond donors (Lipinski definition) is 0. The number of methoxy groups -OCH3 is 2. The van der Waals surface area contributed by atoms with Crippen molar-refractivity contribution in [1.82, 2.24) is 0 Å². The van der Waals surface area contributed by atoms with Crippen LogP contribution in [0.3, 0.4) is 0 Å². The van der Waals surface area contributed by atoms with Crippen LogP contribution in [0.15, 0.2) is 36.4 Å². The van der Waals surface area contributed by atoms with Crippen LogP contribution < -0.4 is 14.4 Å². The van der Waals surface area contributed by atoms with Crippen LogP contribution >= 0.6 is 11.6 Å². The van der Waals surface area contributed by atoms with Gasteiger partial charge in [-0.15, -0.1) is 0 Å². The topological polar surface area (TPSA) is 88.9 Å². The van der Waals surface area contributed by atoms with E-state index < -0.39 is 11.9 Å². The predicted molar refractivity (Wildman–Crippen MR) is 106 cm³/mol. The van der Waals surface area contributed by atoms with Gasteiger partial charge in [0, 0.05) is 19.0 Å². The Morgan fingerprint density at radius 3 is 2.69 bits per heavy atom. The van der Waals surface area contributed by atoms with Crippen LogP contribution in [0.5, 0.6) is 11.5 Å². The molecule has 1 fully saturated rings. The summed E-state index contributed by atoms with van der Waals surface area (Å²) in [6, 6.07) is 12.0. The van der Waals surface area contributed by atoms with Crippen molar-refractivity contribution in [2.24, 2.45) is 5.92 Å². The molecule has 1 unspecified atom stereocenters. The standard InChI is InChI=1S/C21H19ClN2O5/c1-27-18-9-19(28-2)17(8-16(18)22)24-11-15(7-20(24)25)21(26)29-12-14-5-3-4-13(6-14)10-23/h3-6,8-9,15H,7,11-12H2,1-2H3. The fraction of sp³-hybridized carbons (Fsp3) is 0.286. The maximum Gasteiger partial charge on any atom is 0.311 e. The van der Waals surface area contributed by atoms with E-state index in [1.54, 1.807) is 36.4 Å². The van der Waals surface area contributed by atoms with Gasteiger partial charge in [0.2, 0.25) is 5.91 Å². The molecular weight excluding hydrogens is 396 g/mol. The van der Waals surface area contributed by atoms with Gasteiger partial charge in [-0.3, -0.25) is 9.59 Å². The van der Waals surface area contributed by atoms with Crippen LogP contribution in [-0.4, -0.2) is 32.6 Å². The van der Waals surface area contributed by atoms with Crippen LogP contribution in [0.2, 0.25) is 5.02 Å². The molecule has 1 atom stereocenters. The number of ether oxygens (including phenoxy) is 3. The summed E-state index contributed by atoms with van der Waals surface area (Å²) in [6.45, 7) is 0.200.